The van der Waals surface area contributed by atoms with Gasteiger partial charge in [-0.2, -0.15) is 0 Å². The van der Waals surface area contributed by atoms with Gasteiger partial charge in [0.05, 0.1) is 6.10 Å². The largest absolute Gasteiger partial charge is 0.376 e. The molecule has 19 heavy (non-hydrogen) atoms. The smallest absolute Gasteiger partial charge is 0.314 e. The third-order valence-electron chi connectivity index (χ3n) is 3.10. The van der Waals surface area contributed by atoms with Crippen molar-refractivity contribution >= 4 is 6.03 Å². The number of ether oxygens (including phenoxy) is 1. The van der Waals surface area contributed by atoms with Crippen molar-refractivity contribution in [2.24, 2.45) is 0 Å². The van der Waals surface area contributed by atoms with Crippen molar-refractivity contribution in [3.8, 4) is 0 Å². The Kier molecular flexibility index (Phi) is 5.15. The lowest BCUT2D eigenvalue weighted by atomic mass is 10.1. The number of rotatable bonds is 5. The van der Waals surface area contributed by atoms with Crippen LogP contribution in [0.5, 0.6) is 0 Å². The van der Waals surface area contributed by atoms with Crippen LogP contribution in [0.4, 0.5) is 9.18 Å². The second kappa shape index (κ2) is 7.09. The molecule has 4 nitrogen and oxygen atoms in total. The number of carbonyl (C=O) groups excluding carboxylic acids is 1. The maximum absolute atomic E-state index is 12.9. The van der Waals surface area contributed by atoms with Crippen LogP contribution < -0.4 is 10.6 Å². The highest BCUT2D eigenvalue weighted by atomic mass is 19.1. The average molecular weight is 266 g/mol. The van der Waals surface area contributed by atoms with E-state index in [4.69, 9.17) is 4.74 Å². The highest BCUT2D eigenvalue weighted by Crippen LogP contribution is 2.10. The summed E-state index contributed by atoms with van der Waals surface area (Å²) in [5.41, 5.74) is 0.874. The van der Waals surface area contributed by atoms with Crippen molar-refractivity contribution in [3.05, 3.63) is 35.6 Å². The Hall–Kier alpha value is -1.62. The Labute approximate surface area is 112 Å². The van der Waals surface area contributed by atoms with Crippen LogP contribution in [0.15, 0.2) is 24.3 Å². The standard InChI is InChI=1S/C14H19FN2O2/c15-12-4-1-3-11(9-12)6-7-16-14(18)17-10-13-5-2-8-19-13/h1,3-4,9,13H,2,5-8,10H2,(H2,16,17,18). The van der Waals surface area contributed by atoms with Crippen molar-refractivity contribution in [2.75, 3.05) is 19.7 Å². The van der Waals surface area contributed by atoms with Crippen molar-refractivity contribution < 1.29 is 13.9 Å². The molecule has 1 aliphatic heterocycles. The van der Waals surface area contributed by atoms with Crippen molar-refractivity contribution in [2.45, 2.75) is 25.4 Å². The molecule has 2 rings (SSSR count). The summed E-state index contributed by atoms with van der Waals surface area (Å²) >= 11 is 0. The minimum Gasteiger partial charge on any atom is -0.376 e. The molecule has 2 amide bonds. The zero-order chi connectivity index (χ0) is 13.5. The number of amides is 2. The summed E-state index contributed by atoms with van der Waals surface area (Å²) in [5, 5.41) is 5.52. The van der Waals surface area contributed by atoms with E-state index < -0.39 is 0 Å². The van der Waals surface area contributed by atoms with Gasteiger partial charge in [-0.05, 0) is 37.0 Å². The zero-order valence-electron chi connectivity index (χ0n) is 10.8. The Morgan fingerprint density at radius 1 is 1.42 bits per heavy atom. The number of hydrogen-bond acceptors (Lipinski definition) is 2. The fourth-order valence-electron chi connectivity index (χ4n) is 2.09. The molecule has 0 aromatic heterocycles. The summed E-state index contributed by atoms with van der Waals surface area (Å²) in [6.45, 7) is 1.82. The minimum absolute atomic E-state index is 0.147. The lowest BCUT2D eigenvalue weighted by molar-refractivity contribution is 0.111. The van der Waals surface area contributed by atoms with E-state index >= 15 is 0 Å². The maximum Gasteiger partial charge on any atom is 0.314 e. The Balaban J connectivity index is 1.60. The molecule has 0 aliphatic carbocycles. The van der Waals surface area contributed by atoms with Crippen LogP contribution in [-0.4, -0.2) is 31.8 Å². The van der Waals surface area contributed by atoms with Crippen LogP contribution in [0.1, 0.15) is 18.4 Å². The van der Waals surface area contributed by atoms with Crippen LogP contribution >= 0.6 is 0 Å². The van der Waals surface area contributed by atoms with E-state index in [0.717, 1.165) is 25.0 Å². The number of carbonyl (C=O) groups is 1. The fraction of sp³-hybridized carbons (Fsp3) is 0.500. The number of hydrogen-bond donors (Lipinski definition) is 2. The summed E-state index contributed by atoms with van der Waals surface area (Å²) in [6, 6.07) is 6.20. The van der Waals surface area contributed by atoms with E-state index in [1.165, 1.54) is 12.1 Å². The molecule has 0 saturated carbocycles. The molecule has 0 radical (unpaired) electrons. The lowest BCUT2D eigenvalue weighted by Crippen LogP contribution is -2.40. The van der Waals surface area contributed by atoms with Crippen LogP contribution in [0.2, 0.25) is 0 Å². The molecule has 1 saturated heterocycles. The monoisotopic (exact) mass is 266 g/mol. The van der Waals surface area contributed by atoms with Gasteiger partial charge >= 0.3 is 6.03 Å². The molecular formula is C14H19FN2O2. The first-order valence-electron chi connectivity index (χ1n) is 6.62. The Bertz CT molecular complexity index is 420. The van der Waals surface area contributed by atoms with E-state index in [0.29, 0.717) is 19.5 Å². The molecule has 1 aliphatic rings. The fourth-order valence-corrected chi connectivity index (χ4v) is 2.09. The lowest BCUT2D eigenvalue weighted by Gasteiger charge is -2.11. The van der Waals surface area contributed by atoms with Crippen LogP contribution in [0, 0.1) is 5.82 Å². The highest BCUT2D eigenvalue weighted by Gasteiger charge is 2.15. The summed E-state index contributed by atoms with van der Waals surface area (Å²) in [6.07, 6.45) is 2.83. The normalized spacial score (nSPS) is 18.3. The molecule has 0 spiro atoms. The van der Waals surface area contributed by atoms with Gasteiger partial charge in [0, 0.05) is 19.7 Å². The van der Waals surface area contributed by atoms with Gasteiger partial charge in [0.15, 0.2) is 0 Å². The first kappa shape index (κ1) is 13.8. The number of halogens is 1. The summed E-state index contributed by atoms with van der Waals surface area (Å²) < 4.78 is 18.3. The minimum atomic E-state index is -0.250. The van der Waals surface area contributed by atoms with Gasteiger partial charge in [0.1, 0.15) is 5.82 Å². The van der Waals surface area contributed by atoms with E-state index in [2.05, 4.69) is 10.6 Å². The quantitative estimate of drug-likeness (QED) is 0.854. The van der Waals surface area contributed by atoms with E-state index in [-0.39, 0.29) is 18.0 Å². The molecule has 1 fully saturated rings. The molecule has 5 heteroatoms. The summed E-state index contributed by atoms with van der Waals surface area (Å²) in [7, 11) is 0. The third-order valence-corrected chi connectivity index (χ3v) is 3.10. The molecule has 1 heterocycles. The maximum atomic E-state index is 12.9. The first-order chi connectivity index (χ1) is 9.24. The molecule has 1 aromatic carbocycles. The Morgan fingerprint density at radius 3 is 3.05 bits per heavy atom. The van der Waals surface area contributed by atoms with E-state index in [1.807, 2.05) is 6.07 Å². The number of nitrogens with one attached hydrogen (secondary N) is 2. The summed E-state index contributed by atoms with van der Waals surface area (Å²) in [4.78, 5) is 11.5. The molecule has 2 N–H and O–H groups in total. The van der Waals surface area contributed by atoms with Crippen LogP contribution in [0.3, 0.4) is 0 Å². The van der Waals surface area contributed by atoms with Crippen molar-refractivity contribution in [1.29, 1.82) is 0 Å². The second-order valence-corrected chi connectivity index (χ2v) is 4.65. The van der Waals surface area contributed by atoms with Gasteiger partial charge in [-0.25, -0.2) is 9.18 Å². The van der Waals surface area contributed by atoms with E-state index in [1.54, 1.807) is 6.07 Å². The summed E-state index contributed by atoms with van der Waals surface area (Å²) in [5.74, 6) is -0.250. The van der Waals surface area contributed by atoms with Gasteiger partial charge in [-0.3, -0.25) is 0 Å². The second-order valence-electron chi connectivity index (χ2n) is 4.65. The predicted octanol–water partition coefficient (Wildman–Crippen LogP) is 1.85. The predicted molar refractivity (Wildman–Crippen MR) is 70.5 cm³/mol. The topological polar surface area (TPSA) is 50.4 Å². The Morgan fingerprint density at radius 2 is 2.32 bits per heavy atom. The van der Waals surface area contributed by atoms with Crippen molar-refractivity contribution in [3.63, 3.8) is 0 Å². The molecule has 1 unspecified atom stereocenters. The van der Waals surface area contributed by atoms with Gasteiger partial charge in [0.25, 0.3) is 0 Å². The average Bonchev–Trinajstić information content (AvgIpc) is 2.89. The first-order valence-corrected chi connectivity index (χ1v) is 6.62. The van der Waals surface area contributed by atoms with Crippen molar-refractivity contribution in [1.82, 2.24) is 10.6 Å². The van der Waals surface area contributed by atoms with Gasteiger partial charge in [0.2, 0.25) is 0 Å². The number of urea groups is 1. The third kappa shape index (κ3) is 4.87. The highest BCUT2D eigenvalue weighted by molar-refractivity contribution is 5.73. The molecule has 104 valence electrons. The molecule has 0 bridgehead atoms. The van der Waals surface area contributed by atoms with Gasteiger partial charge in [-0.1, -0.05) is 12.1 Å². The van der Waals surface area contributed by atoms with Gasteiger partial charge < -0.3 is 15.4 Å². The van der Waals surface area contributed by atoms with Crippen LogP contribution in [-0.2, 0) is 11.2 Å². The SMILES string of the molecule is O=C(NCCc1cccc(F)c1)NCC1CCCO1. The molecule has 1 aromatic rings. The number of benzene rings is 1. The molecule has 1 atom stereocenters. The zero-order valence-corrected chi connectivity index (χ0v) is 10.8. The van der Waals surface area contributed by atoms with Crippen LogP contribution in [0.25, 0.3) is 0 Å². The molecular weight excluding hydrogens is 247 g/mol. The van der Waals surface area contributed by atoms with Gasteiger partial charge in [-0.15, -0.1) is 0 Å². The van der Waals surface area contributed by atoms with E-state index in [9.17, 15) is 9.18 Å².